The molecule has 1 amide bonds. The van der Waals surface area contributed by atoms with E-state index in [9.17, 15) is 14.9 Å². The number of rotatable bonds is 4. The van der Waals surface area contributed by atoms with Crippen LogP contribution in [0.25, 0.3) is 5.69 Å². The predicted octanol–water partition coefficient (Wildman–Crippen LogP) is 3.99. The zero-order chi connectivity index (χ0) is 18.0. The van der Waals surface area contributed by atoms with Gasteiger partial charge in [0.05, 0.1) is 10.6 Å². The third-order valence-corrected chi connectivity index (χ3v) is 3.91. The molecule has 0 radical (unpaired) electrons. The van der Waals surface area contributed by atoms with Gasteiger partial charge in [-0.3, -0.25) is 14.9 Å². The Balaban J connectivity index is 1.86. The van der Waals surface area contributed by atoms with E-state index in [1.807, 2.05) is 19.1 Å². The van der Waals surface area contributed by atoms with Crippen LogP contribution in [0.4, 0.5) is 11.4 Å². The summed E-state index contributed by atoms with van der Waals surface area (Å²) >= 11 is 5.77. The average molecular weight is 357 g/mol. The summed E-state index contributed by atoms with van der Waals surface area (Å²) in [7, 11) is 0. The summed E-state index contributed by atoms with van der Waals surface area (Å²) in [4.78, 5) is 22.7. The van der Waals surface area contributed by atoms with E-state index in [0.29, 0.717) is 5.69 Å². The van der Waals surface area contributed by atoms with Crippen molar-refractivity contribution in [2.45, 2.75) is 6.92 Å². The van der Waals surface area contributed by atoms with Gasteiger partial charge in [-0.1, -0.05) is 17.7 Å². The zero-order valence-corrected chi connectivity index (χ0v) is 13.9. The van der Waals surface area contributed by atoms with Crippen LogP contribution in [0, 0.1) is 17.0 Å². The summed E-state index contributed by atoms with van der Waals surface area (Å²) in [6.07, 6.45) is 1.69. The van der Waals surface area contributed by atoms with E-state index < -0.39 is 10.8 Å². The highest BCUT2D eigenvalue weighted by Gasteiger charge is 2.16. The van der Waals surface area contributed by atoms with Crippen molar-refractivity contribution in [3.8, 4) is 5.69 Å². The minimum Gasteiger partial charge on any atom is -0.322 e. The van der Waals surface area contributed by atoms with Crippen LogP contribution in [0.1, 0.15) is 16.1 Å². The Bertz CT molecular complexity index is 968. The number of benzene rings is 2. The fraction of sp³-hybridized carbons (Fsp3) is 0.0588. The predicted molar refractivity (Wildman–Crippen MR) is 94.4 cm³/mol. The largest absolute Gasteiger partial charge is 0.322 e. The molecule has 0 saturated heterocycles. The van der Waals surface area contributed by atoms with E-state index in [0.717, 1.165) is 17.4 Å². The van der Waals surface area contributed by atoms with Gasteiger partial charge >= 0.3 is 0 Å². The lowest BCUT2D eigenvalue weighted by Crippen LogP contribution is -2.12. The Morgan fingerprint density at radius 2 is 2.04 bits per heavy atom. The molecule has 0 aliphatic heterocycles. The number of amides is 1. The van der Waals surface area contributed by atoms with Crippen molar-refractivity contribution >= 4 is 28.9 Å². The van der Waals surface area contributed by atoms with Gasteiger partial charge in [-0.15, -0.1) is 0 Å². The number of carbonyl (C=O) groups excluding carboxylic acids is 1. The second kappa shape index (κ2) is 6.74. The molecule has 0 atom stereocenters. The van der Waals surface area contributed by atoms with Crippen molar-refractivity contribution in [2.24, 2.45) is 0 Å². The van der Waals surface area contributed by atoms with Crippen molar-refractivity contribution in [1.29, 1.82) is 0 Å². The van der Waals surface area contributed by atoms with Gasteiger partial charge in [0.1, 0.15) is 5.02 Å². The molecule has 0 unspecified atom stereocenters. The maximum atomic E-state index is 12.4. The van der Waals surface area contributed by atoms with Gasteiger partial charge in [0.25, 0.3) is 11.6 Å². The number of halogens is 1. The van der Waals surface area contributed by atoms with E-state index in [1.54, 1.807) is 29.1 Å². The van der Waals surface area contributed by atoms with E-state index in [4.69, 9.17) is 11.6 Å². The molecule has 0 aliphatic rings. The van der Waals surface area contributed by atoms with Crippen LogP contribution in [0.15, 0.2) is 54.7 Å². The zero-order valence-electron chi connectivity index (χ0n) is 13.1. The number of hydrogen-bond acceptors (Lipinski definition) is 4. The highest BCUT2D eigenvalue weighted by Crippen LogP contribution is 2.25. The summed E-state index contributed by atoms with van der Waals surface area (Å²) in [5.41, 5.74) is 2.14. The average Bonchev–Trinajstić information content (AvgIpc) is 3.01. The summed E-state index contributed by atoms with van der Waals surface area (Å²) < 4.78 is 1.74. The highest BCUT2D eigenvalue weighted by molar-refractivity contribution is 6.32. The lowest BCUT2D eigenvalue weighted by Gasteiger charge is -2.09. The maximum absolute atomic E-state index is 12.4. The lowest BCUT2D eigenvalue weighted by molar-refractivity contribution is -0.384. The Kier molecular flexibility index (Phi) is 4.49. The van der Waals surface area contributed by atoms with Gasteiger partial charge in [0.2, 0.25) is 0 Å². The third-order valence-electron chi connectivity index (χ3n) is 3.59. The molecule has 0 aliphatic carbocycles. The molecule has 0 bridgehead atoms. The van der Waals surface area contributed by atoms with Gasteiger partial charge < -0.3 is 5.32 Å². The summed E-state index contributed by atoms with van der Waals surface area (Å²) in [6.45, 7) is 1.92. The first-order valence-corrected chi connectivity index (χ1v) is 7.70. The van der Waals surface area contributed by atoms with Gasteiger partial charge in [-0.05, 0) is 43.3 Å². The second-order valence-electron chi connectivity index (χ2n) is 5.31. The number of aromatic nitrogens is 2. The molecule has 8 heteroatoms. The molecule has 7 nitrogen and oxygen atoms in total. The van der Waals surface area contributed by atoms with Crippen molar-refractivity contribution in [2.75, 3.05) is 5.32 Å². The van der Waals surface area contributed by atoms with Crippen molar-refractivity contribution < 1.29 is 9.72 Å². The Morgan fingerprint density at radius 1 is 1.24 bits per heavy atom. The number of nitro benzene ring substituents is 1. The highest BCUT2D eigenvalue weighted by atomic mass is 35.5. The van der Waals surface area contributed by atoms with Gasteiger partial charge in [-0.25, -0.2) is 4.68 Å². The summed E-state index contributed by atoms with van der Waals surface area (Å²) in [6, 6.07) is 12.9. The van der Waals surface area contributed by atoms with Crippen LogP contribution in [0.3, 0.4) is 0 Å². The first-order chi connectivity index (χ1) is 12.0. The molecule has 2 aromatic carbocycles. The molecule has 0 fully saturated rings. The summed E-state index contributed by atoms with van der Waals surface area (Å²) in [5.74, 6) is -0.464. The SMILES string of the molecule is Cc1ccnn1-c1cccc(NC(=O)c2ccc(Cl)c([N+](=O)[O-])c2)c1. The fourth-order valence-electron chi connectivity index (χ4n) is 2.35. The topological polar surface area (TPSA) is 90.1 Å². The molecule has 0 spiro atoms. The second-order valence-corrected chi connectivity index (χ2v) is 5.72. The van der Waals surface area contributed by atoms with Crippen LogP contribution < -0.4 is 5.32 Å². The number of nitro groups is 1. The molecule has 1 aromatic heterocycles. The van der Waals surface area contributed by atoms with Crippen LogP contribution in [0.5, 0.6) is 0 Å². The number of aryl methyl sites for hydroxylation is 1. The molecule has 3 aromatic rings. The standard InChI is InChI=1S/C17H13ClN4O3/c1-11-7-8-19-21(11)14-4-2-3-13(10-14)20-17(23)12-5-6-15(18)16(9-12)22(24)25/h2-10H,1H3,(H,20,23). The molecule has 3 rings (SSSR count). The van der Waals surface area contributed by atoms with Crippen molar-refractivity contribution in [3.63, 3.8) is 0 Å². The number of carbonyl (C=O) groups is 1. The molecular formula is C17H13ClN4O3. The van der Waals surface area contributed by atoms with Gasteiger partial charge in [0, 0.05) is 29.2 Å². The quantitative estimate of drug-likeness (QED) is 0.565. The number of anilines is 1. The minimum atomic E-state index is -0.625. The van der Waals surface area contributed by atoms with Crippen LogP contribution in [-0.2, 0) is 0 Å². The molecule has 126 valence electrons. The Labute approximate surface area is 148 Å². The maximum Gasteiger partial charge on any atom is 0.288 e. The Morgan fingerprint density at radius 3 is 2.72 bits per heavy atom. The van der Waals surface area contributed by atoms with Gasteiger partial charge in [-0.2, -0.15) is 5.10 Å². The molecule has 0 saturated carbocycles. The number of nitrogens with one attached hydrogen (secondary N) is 1. The Hall–Kier alpha value is -3.19. The summed E-state index contributed by atoms with van der Waals surface area (Å²) in [5, 5.41) is 17.9. The molecule has 1 heterocycles. The first kappa shape index (κ1) is 16.7. The lowest BCUT2D eigenvalue weighted by atomic mass is 10.2. The number of nitrogens with zero attached hydrogens (tertiary/aromatic N) is 3. The number of hydrogen-bond donors (Lipinski definition) is 1. The van der Waals surface area contributed by atoms with Crippen LogP contribution in [-0.4, -0.2) is 20.6 Å². The monoisotopic (exact) mass is 356 g/mol. The van der Waals surface area contributed by atoms with Crippen molar-refractivity contribution in [1.82, 2.24) is 9.78 Å². The minimum absolute atomic E-state index is 0.0160. The fourth-order valence-corrected chi connectivity index (χ4v) is 2.54. The third kappa shape index (κ3) is 3.51. The normalized spacial score (nSPS) is 10.5. The van der Waals surface area contributed by atoms with Gasteiger partial charge in [0.15, 0.2) is 0 Å². The van der Waals surface area contributed by atoms with Crippen LogP contribution >= 0.6 is 11.6 Å². The van der Waals surface area contributed by atoms with E-state index in [-0.39, 0.29) is 16.3 Å². The van der Waals surface area contributed by atoms with E-state index in [2.05, 4.69) is 10.4 Å². The first-order valence-electron chi connectivity index (χ1n) is 7.32. The molecular weight excluding hydrogens is 344 g/mol. The van der Waals surface area contributed by atoms with E-state index >= 15 is 0 Å². The van der Waals surface area contributed by atoms with E-state index in [1.165, 1.54) is 12.1 Å². The molecule has 1 N–H and O–H groups in total. The van der Waals surface area contributed by atoms with Crippen LogP contribution in [0.2, 0.25) is 5.02 Å². The molecule has 25 heavy (non-hydrogen) atoms. The smallest absolute Gasteiger partial charge is 0.288 e. The van der Waals surface area contributed by atoms with Crippen molar-refractivity contribution in [3.05, 3.63) is 81.1 Å².